The van der Waals surface area contributed by atoms with E-state index in [1.165, 1.54) is 0 Å². The van der Waals surface area contributed by atoms with Crippen molar-refractivity contribution in [2.45, 2.75) is 37.5 Å². The fourth-order valence-corrected chi connectivity index (χ4v) is 3.76. The number of amides is 3. The number of morpholine rings is 1. The molecule has 4 N–H and O–H groups in total. The number of nitrogens with zero attached hydrogens (tertiary/aromatic N) is 1. The molecule has 1 aromatic carbocycles. The summed E-state index contributed by atoms with van der Waals surface area (Å²) in [6.07, 6.45) is 1.62. The number of nitrogens with one attached hydrogen (secondary N) is 3. The Morgan fingerprint density at radius 3 is 2.63 bits per heavy atom. The van der Waals surface area contributed by atoms with Crippen LogP contribution in [0.3, 0.4) is 0 Å². The van der Waals surface area contributed by atoms with E-state index in [1.807, 2.05) is 30.3 Å². The van der Waals surface area contributed by atoms with Crippen molar-refractivity contribution in [2.24, 2.45) is 0 Å². The van der Waals surface area contributed by atoms with E-state index in [2.05, 4.69) is 20.9 Å². The monoisotopic (exact) mass is 420 g/mol. The maximum Gasteiger partial charge on any atom is 0.319 e. The molecule has 0 spiro atoms. The van der Waals surface area contributed by atoms with Crippen molar-refractivity contribution in [3.8, 4) is 0 Å². The largest absolute Gasteiger partial charge is 0.394 e. The van der Waals surface area contributed by atoms with Crippen molar-refractivity contribution >= 4 is 17.6 Å². The summed E-state index contributed by atoms with van der Waals surface area (Å²) in [5.41, 5.74) is 0.706. The van der Waals surface area contributed by atoms with Gasteiger partial charge in [-0.15, -0.1) is 0 Å². The zero-order valence-electron chi connectivity index (χ0n) is 17.2. The SMILES string of the molecule is O=C(CN1CCOCC1)NCC[C@H]1CC[C@H](NC(=O)Nc2ccccc2)[C@@H](CO)O1. The molecule has 166 valence electrons. The van der Waals surface area contributed by atoms with E-state index in [0.29, 0.717) is 44.8 Å². The minimum atomic E-state index is -0.464. The van der Waals surface area contributed by atoms with E-state index >= 15 is 0 Å². The van der Waals surface area contributed by atoms with Gasteiger partial charge in [-0.3, -0.25) is 9.69 Å². The van der Waals surface area contributed by atoms with Crippen LogP contribution in [-0.2, 0) is 14.3 Å². The first kappa shape index (κ1) is 22.5. The zero-order valence-corrected chi connectivity index (χ0v) is 17.2. The maximum absolute atomic E-state index is 12.2. The number of para-hydroxylation sites is 1. The zero-order chi connectivity index (χ0) is 21.2. The normalized spacial score (nSPS) is 24.8. The summed E-state index contributed by atoms with van der Waals surface area (Å²) in [4.78, 5) is 26.4. The van der Waals surface area contributed by atoms with Crippen LogP contribution in [0.2, 0.25) is 0 Å². The summed E-state index contributed by atoms with van der Waals surface area (Å²) >= 11 is 0. The van der Waals surface area contributed by atoms with Gasteiger partial charge in [0, 0.05) is 25.3 Å². The van der Waals surface area contributed by atoms with Gasteiger partial charge in [-0.2, -0.15) is 0 Å². The average Bonchev–Trinajstić information content (AvgIpc) is 2.76. The smallest absolute Gasteiger partial charge is 0.319 e. The number of hydrogen-bond donors (Lipinski definition) is 4. The lowest BCUT2D eigenvalue weighted by Crippen LogP contribution is -2.52. The molecular formula is C21H32N4O5. The van der Waals surface area contributed by atoms with Crippen molar-refractivity contribution in [1.29, 1.82) is 0 Å². The lowest BCUT2D eigenvalue weighted by molar-refractivity contribution is -0.123. The summed E-state index contributed by atoms with van der Waals surface area (Å²) in [5, 5.41) is 18.3. The number of carbonyl (C=O) groups excluding carboxylic acids is 2. The van der Waals surface area contributed by atoms with E-state index in [9.17, 15) is 14.7 Å². The Kier molecular flexibility index (Phi) is 8.88. The number of aliphatic hydroxyl groups excluding tert-OH is 1. The highest BCUT2D eigenvalue weighted by Crippen LogP contribution is 2.22. The lowest BCUT2D eigenvalue weighted by atomic mass is 9.97. The Labute approximate surface area is 177 Å². The molecule has 2 heterocycles. The van der Waals surface area contributed by atoms with Crippen LogP contribution in [0.4, 0.5) is 10.5 Å². The molecule has 3 atom stereocenters. The second kappa shape index (κ2) is 11.8. The fraction of sp³-hybridized carbons (Fsp3) is 0.619. The van der Waals surface area contributed by atoms with Crippen LogP contribution in [0.1, 0.15) is 19.3 Å². The number of benzene rings is 1. The third-order valence-corrected chi connectivity index (χ3v) is 5.40. The van der Waals surface area contributed by atoms with E-state index < -0.39 is 6.10 Å². The minimum absolute atomic E-state index is 0.00328. The molecule has 0 aliphatic carbocycles. The van der Waals surface area contributed by atoms with Gasteiger partial charge in [0.1, 0.15) is 6.10 Å². The number of ether oxygens (including phenoxy) is 2. The van der Waals surface area contributed by atoms with Crippen LogP contribution >= 0.6 is 0 Å². The topological polar surface area (TPSA) is 112 Å². The highest BCUT2D eigenvalue weighted by Gasteiger charge is 2.31. The van der Waals surface area contributed by atoms with Crippen LogP contribution in [0, 0.1) is 0 Å². The standard InChI is InChI=1S/C21H32N4O5/c26-15-19-18(24-21(28)23-16-4-2-1-3-5-16)7-6-17(30-19)8-9-22-20(27)14-25-10-12-29-13-11-25/h1-5,17-19,26H,6-15H2,(H,22,27)(H2,23,24,28)/t17-,18+,19-/m1/s1. The van der Waals surface area contributed by atoms with E-state index in [-0.39, 0.29) is 30.7 Å². The van der Waals surface area contributed by atoms with Crippen LogP contribution < -0.4 is 16.0 Å². The van der Waals surface area contributed by atoms with Crippen molar-refractivity contribution in [2.75, 3.05) is 51.3 Å². The third kappa shape index (κ3) is 7.24. The first-order valence-corrected chi connectivity index (χ1v) is 10.6. The number of aliphatic hydroxyl groups is 1. The highest BCUT2D eigenvalue weighted by atomic mass is 16.5. The molecule has 0 saturated carbocycles. The molecule has 2 fully saturated rings. The quantitative estimate of drug-likeness (QED) is 0.489. The molecule has 0 bridgehead atoms. The second-order valence-electron chi connectivity index (χ2n) is 7.65. The third-order valence-electron chi connectivity index (χ3n) is 5.40. The molecule has 1 aromatic rings. The number of rotatable bonds is 8. The number of anilines is 1. The number of hydrogen-bond acceptors (Lipinski definition) is 6. The van der Waals surface area contributed by atoms with Gasteiger partial charge in [0.25, 0.3) is 0 Å². The molecule has 2 aliphatic heterocycles. The van der Waals surface area contributed by atoms with Gasteiger partial charge in [0.2, 0.25) is 5.91 Å². The van der Waals surface area contributed by atoms with Gasteiger partial charge in [-0.05, 0) is 31.4 Å². The Balaban J connectivity index is 1.35. The Bertz CT molecular complexity index is 669. The lowest BCUT2D eigenvalue weighted by Gasteiger charge is -2.36. The van der Waals surface area contributed by atoms with E-state index in [4.69, 9.17) is 9.47 Å². The minimum Gasteiger partial charge on any atom is -0.394 e. The van der Waals surface area contributed by atoms with Gasteiger partial charge in [0.05, 0.1) is 38.5 Å². The van der Waals surface area contributed by atoms with Crippen molar-refractivity contribution in [3.63, 3.8) is 0 Å². The van der Waals surface area contributed by atoms with Crippen LogP contribution in [0.25, 0.3) is 0 Å². The highest BCUT2D eigenvalue weighted by molar-refractivity contribution is 5.89. The van der Waals surface area contributed by atoms with E-state index in [1.54, 1.807) is 0 Å². The van der Waals surface area contributed by atoms with Crippen molar-refractivity contribution < 1.29 is 24.2 Å². The van der Waals surface area contributed by atoms with Crippen LogP contribution in [0.5, 0.6) is 0 Å². The first-order valence-electron chi connectivity index (χ1n) is 10.6. The van der Waals surface area contributed by atoms with Gasteiger partial charge >= 0.3 is 6.03 Å². The molecule has 0 aromatic heterocycles. The molecule has 2 aliphatic rings. The van der Waals surface area contributed by atoms with Crippen LogP contribution in [0.15, 0.2) is 30.3 Å². The molecule has 0 radical (unpaired) electrons. The van der Waals surface area contributed by atoms with E-state index in [0.717, 1.165) is 19.5 Å². The van der Waals surface area contributed by atoms with Gasteiger partial charge in [-0.1, -0.05) is 18.2 Å². The molecular weight excluding hydrogens is 388 g/mol. The van der Waals surface area contributed by atoms with Crippen molar-refractivity contribution in [3.05, 3.63) is 30.3 Å². The predicted molar refractivity (Wildman–Crippen MR) is 112 cm³/mol. The molecule has 30 heavy (non-hydrogen) atoms. The Morgan fingerprint density at radius 1 is 1.13 bits per heavy atom. The summed E-state index contributed by atoms with van der Waals surface area (Å²) in [7, 11) is 0. The van der Waals surface area contributed by atoms with Gasteiger partial charge < -0.3 is 30.5 Å². The van der Waals surface area contributed by atoms with Crippen molar-refractivity contribution in [1.82, 2.24) is 15.5 Å². The summed E-state index contributed by atoms with van der Waals surface area (Å²) in [6, 6.07) is 8.62. The molecule has 3 amide bonds. The predicted octanol–water partition coefficient (Wildman–Crippen LogP) is 0.555. The maximum atomic E-state index is 12.2. The second-order valence-corrected chi connectivity index (χ2v) is 7.65. The summed E-state index contributed by atoms with van der Waals surface area (Å²) in [6.45, 7) is 3.65. The first-order chi connectivity index (χ1) is 14.6. The number of carbonyl (C=O) groups is 2. The summed E-state index contributed by atoms with van der Waals surface area (Å²) < 4.78 is 11.2. The summed E-state index contributed by atoms with van der Waals surface area (Å²) in [5.74, 6) is 0.00328. The molecule has 9 nitrogen and oxygen atoms in total. The molecule has 9 heteroatoms. The van der Waals surface area contributed by atoms with Gasteiger partial charge in [-0.25, -0.2) is 4.79 Å². The van der Waals surface area contributed by atoms with Gasteiger partial charge in [0.15, 0.2) is 0 Å². The average molecular weight is 421 g/mol. The Morgan fingerprint density at radius 2 is 1.90 bits per heavy atom. The molecule has 0 unspecified atom stereocenters. The molecule has 3 rings (SSSR count). The Hall–Kier alpha value is -2.20. The van der Waals surface area contributed by atoms with Crippen LogP contribution in [-0.4, -0.2) is 86.2 Å². The fourth-order valence-electron chi connectivity index (χ4n) is 3.76. The molecule has 2 saturated heterocycles. The number of urea groups is 1.